The quantitative estimate of drug-likeness (QED) is 0.379. The lowest BCUT2D eigenvalue weighted by Gasteiger charge is -2.16. The molecule has 3 aromatic rings. The number of aromatic nitrogens is 5. The van der Waals surface area contributed by atoms with E-state index in [2.05, 4.69) is 25.1 Å². The molecular weight excluding hydrogens is 437 g/mol. The second-order valence-corrected chi connectivity index (χ2v) is 9.08. The zero-order chi connectivity index (χ0) is 22.7. The summed E-state index contributed by atoms with van der Waals surface area (Å²) in [6.07, 6.45) is 0.735. The van der Waals surface area contributed by atoms with E-state index in [9.17, 15) is 13.2 Å². The van der Waals surface area contributed by atoms with Gasteiger partial charge in [-0.3, -0.25) is 9.97 Å². The molecule has 0 radical (unpaired) electrons. The molecule has 170 valence electrons. The third kappa shape index (κ3) is 5.29. The molecule has 0 spiro atoms. The first-order valence-corrected chi connectivity index (χ1v) is 11.5. The Morgan fingerprint density at radius 1 is 1.09 bits per heavy atom. The fraction of sp³-hybridized carbons (Fsp3) is 0.455. The number of rotatable bonds is 7. The number of alkyl halides is 3. The molecule has 32 heavy (non-hydrogen) atoms. The van der Waals surface area contributed by atoms with Crippen LogP contribution in [0.25, 0.3) is 11.4 Å². The van der Waals surface area contributed by atoms with E-state index in [1.165, 1.54) is 6.20 Å². The predicted octanol–water partition coefficient (Wildman–Crippen LogP) is 4.57. The van der Waals surface area contributed by atoms with Gasteiger partial charge in [0.2, 0.25) is 0 Å². The molecule has 0 bridgehead atoms. The van der Waals surface area contributed by atoms with Gasteiger partial charge in [0.05, 0.1) is 0 Å². The number of likely N-dealkylation sites (tertiary alicyclic amines) is 1. The predicted molar refractivity (Wildman–Crippen MR) is 117 cm³/mol. The highest BCUT2D eigenvalue weighted by molar-refractivity contribution is 7.99. The summed E-state index contributed by atoms with van der Waals surface area (Å²) < 4.78 is 40.1. The smallest absolute Gasteiger partial charge is 0.305 e. The van der Waals surface area contributed by atoms with Gasteiger partial charge in [0.25, 0.3) is 0 Å². The molecule has 6 nitrogen and oxygen atoms in total. The summed E-state index contributed by atoms with van der Waals surface area (Å²) in [6.45, 7) is 4.70. The summed E-state index contributed by atoms with van der Waals surface area (Å²) >= 11 is 1.68. The van der Waals surface area contributed by atoms with Gasteiger partial charge < -0.3 is 9.47 Å². The van der Waals surface area contributed by atoms with Crippen LogP contribution < -0.4 is 0 Å². The highest BCUT2D eigenvalue weighted by atomic mass is 32.2. The lowest BCUT2D eigenvalue weighted by molar-refractivity contribution is -0.141. The summed E-state index contributed by atoms with van der Waals surface area (Å²) in [5, 5.41) is 9.48. The molecule has 0 amide bonds. The second-order valence-electron chi connectivity index (χ2n) is 8.02. The number of thioether (sulfide) groups is 1. The van der Waals surface area contributed by atoms with Crippen molar-refractivity contribution in [2.75, 3.05) is 25.4 Å². The van der Waals surface area contributed by atoms with Crippen molar-refractivity contribution in [1.82, 2.24) is 29.6 Å². The van der Waals surface area contributed by atoms with Crippen molar-refractivity contribution >= 4 is 11.8 Å². The van der Waals surface area contributed by atoms with Crippen molar-refractivity contribution in [3.8, 4) is 11.4 Å². The minimum absolute atomic E-state index is 0.238. The van der Waals surface area contributed by atoms with Gasteiger partial charge in [-0.05, 0) is 62.5 Å². The van der Waals surface area contributed by atoms with Gasteiger partial charge in [0, 0.05) is 43.0 Å². The molecule has 1 saturated heterocycles. The van der Waals surface area contributed by atoms with Crippen LogP contribution in [-0.2, 0) is 13.2 Å². The van der Waals surface area contributed by atoms with E-state index in [-0.39, 0.29) is 5.92 Å². The maximum absolute atomic E-state index is 12.7. The molecule has 4 heterocycles. The van der Waals surface area contributed by atoms with Crippen molar-refractivity contribution in [3.05, 3.63) is 53.6 Å². The Morgan fingerprint density at radius 3 is 2.62 bits per heavy atom. The number of hydrogen-bond acceptors (Lipinski definition) is 6. The number of pyridine rings is 2. The Morgan fingerprint density at radius 2 is 1.94 bits per heavy atom. The molecule has 1 fully saturated rings. The molecule has 1 aliphatic heterocycles. The van der Waals surface area contributed by atoms with Gasteiger partial charge >= 0.3 is 6.18 Å². The zero-order valence-corrected chi connectivity index (χ0v) is 18.8. The largest absolute Gasteiger partial charge is 0.433 e. The highest BCUT2D eigenvalue weighted by Gasteiger charge is 2.32. The molecule has 4 rings (SSSR count). The number of nitrogens with zero attached hydrogens (tertiary/aromatic N) is 6. The van der Waals surface area contributed by atoms with Crippen LogP contribution in [0, 0.1) is 6.92 Å². The summed E-state index contributed by atoms with van der Waals surface area (Å²) in [5.74, 6) is 1.95. The second kappa shape index (κ2) is 9.58. The summed E-state index contributed by atoms with van der Waals surface area (Å²) in [5.41, 5.74) is 1.95. The van der Waals surface area contributed by atoms with Gasteiger partial charge in [0.1, 0.15) is 5.69 Å². The van der Waals surface area contributed by atoms with Crippen LogP contribution in [-0.4, -0.2) is 55.0 Å². The van der Waals surface area contributed by atoms with Crippen LogP contribution in [0.1, 0.15) is 35.7 Å². The number of halogens is 3. The molecule has 0 aliphatic carbocycles. The van der Waals surface area contributed by atoms with Crippen molar-refractivity contribution in [3.63, 3.8) is 0 Å². The molecular formula is C22H25F3N6S. The monoisotopic (exact) mass is 462 g/mol. The third-order valence-corrected chi connectivity index (χ3v) is 6.78. The Kier molecular flexibility index (Phi) is 6.80. The first-order chi connectivity index (χ1) is 15.3. The zero-order valence-electron chi connectivity index (χ0n) is 18.0. The maximum Gasteiger partial charge on any atom is 0.433 e. The summed E-state index contributed by atoms with van der Waals surface area (Å²) in [4.78, 5) is 10.3. The van der Waals surface area contributed by atoms with Crippen LogP contribution >= 0.6 is 11.8 Å². The van der Waals surface area contributed by atoms with Crippen LogP contribution in [0.15, 0.2) is 41.8 Å². The first-order valence-electron chi connectivity index (χ1n) is 10.5. The topological polar surface area (TPSA) is 59.7 Å². The minimum atomic E-state index is -4.39. The van der Waals surface area contributed by atoms with Crippen LogP contribution in [0.5, 0.6) is 0 Å². The van der Waals surface area contributed by atoms with Gasteiger partial charge in [-0.25, -0.2) is 0 Å². The Labute approximate surface area is 189 Å². The lowest BCUT2D eigenvalue weighted by Crippen LogP contribution is -2.22. The van der Waals surface area contributed by atoms with E-state index < -0.39 is 11.9 Å². The lowest BCUT2D eigenvalue weighted by atomic mass is 10.0. The molecule has 0 N–H and O–H groups in total. The van der Waals surface area contributed by atoms with Gasteiger partial charge in [-0.1, -0.05) is 17.8 Å². The Balaban J connectivity index is 1.23. The summed E-state index contributed by atoms with van der Waals surface area (Å²) in [7, 11) is 1.96. The Bertz CT molecular complexity index is 1030. The average Bonchev–Trinajstić information content (AvgIpc) is 3.38. The standard InChI is InChI=1S/C22H25F3N6S/c1-15-4-5-17(13-26-15)20-28-29-21(30(20)2)32-11-3-9-31-10-8-18(14-31)16-6-7-19(27-12-16)22(23,24)25/h4-7,12-13,18H,3,8-11,14H2,1-2H3. The van der Waals surface area contributed by atoms with E-state index >= 15 is 0 Å². The average molecular weight is 463 g/mol. The highest BCUT2D eigenvalue weighted by Crippen LogP contribution is 2.31. The van der Waals surface area contributed by atoms with E-state index in [1.807, 2.05) is 36.9 Å². The molecule has 0 saturated carbocycles. The van der Waals surface area contributed by atoms with Crippen LogP contribution in [0.2, 0.25) is 0 Å². The van der Waals surface area contributed by atoms with Gasteiger partial charge in [0.15, 0.2) is 11.0 Å². The van der Waals surface area contributed by atoms with Crippen molar-refractivity contribution < 1.29 is 13.2 Å². The SMILES string of the molecule is Cc1ccc(-c2nnc(SCCCN3CCC(c4ccc(C(F)(F)F)nc4)C3)n2C)cn1. The number of hydrogen-bond donors (Lipinski definition) is 0. The molecule has 0 aromatic carbocycles. The molecule has 1 unspecified atom stereocenters. The number of aryl methyl sites for hydroxylation is 1. The fourth-order valence-corrected chi connectivity index (χ4v) is 4.70. The van der Waals surface area contributed by atoms with Gasteiger partial charge in [-0.15, -0.1) is 10.2 Å². The fourth-order valence-electron chi connectivity index (χ4n) is 3.87. The Hall–Kier alpha value is -2.46. The van der Waals surface area contributed by atoms with Crippen LogP contribution in [0.3, 0.4) is 0 Å². The normalized spacial score (nSPS) is 17.2. The molecule has 1 aliphatic rings. The van der Waals surface area contributed by atoms with Gasteiger partial charge in [-0.2, -0.15) is 13.2 Å². The van der Waals surface area contributed by atoms with E-state index in [0.29, 0.717) is 0 Å². The van der Waals surface area contributed by atoms with Crippen molar-refractivity contribution in [2.45, 2.75) is 37.0 Å². The van der Waals surface area contributed by atoms with E-state index in [4.69, 9.17) is 0 Å². The van der Waals surface area contributed by atoms with Crippen molar-refractivity contribution in [1.29, 1.82) is 0 Å². The van der Waals surface area contributed by atoms with Crippen LogP contribution in [0.4, 0.5) is 13.2 Å². The first kappa shape index (κ1) is 22.7. The van der Waals surface area contributed by atoms with E-state index in [1.54, 1.807) is 17.8 Å². The summed E-state index contributed by atoms with van der Waals surface area (Å²) in [6, 6.07) is 6.60. The third-order valence-electron chi connectivity index (χ3n) is 5.67. The molecule has 3 aromatic heterocycles. The maximum atomic E-state index is 12.7. The van der Waals surface area contributed by atoms with E-state index in [0.717, 1.165) is 72.1 Å². The molecule has 1 atom stereocenters. The molecule has 10 heteroatoms. The van der Waals surface area contributed by atoms with Crippen molar-refractivity contribution in [2.24, 2.45) is 7.05 Å². The minimum Gasteiger partial charge on any atom is -0.305 e.